The number of benzene rings is 1. The lowest BCUT2D eigenvalue weighted by Gasteiger charge is -2.04. The van der Waals surface area contributed by atoms with E-state index in [-0.39, 0.29) is 6.42 Å². The number of carbonyl (C=O) groups excluding carboxylic acids is 2. The minimum atomic E-state index is -0.483. The van der Waals surface area contributed by atoms with Gasteiger partial charge in [-0.25, -0.2) is 9.78 Å². The number of aromatic amines is 1. The van der Waals surface area contributed by atoms with Crippen LogP contribution in [0.4, 0.5) is 0 Å². The summed E-state index contributed by atoms with van der Waals surface area (Å²) in [5, 5.41) is 1.07. The zero-order valence-electron chi connectivity index (χ0n) is 14.6. The van der Waals surface area contributed by atoms with Crippen molar-refractivity contribution < 1.29 is 14.4 Å². The predicted molar refractivity (Wildman–Crippen MR) is 99.4 cm³/mol. The fraction of sp³-hybridized carbons (Fsp3) is 0.158. The highest BCUT2D eigenvalue weighted by molar-refractivity contribution is 5.97. The minimum absolute atomic E-state index is 0.175. The number of nitrogens with zero attached hydrogens (tertiary/aromatic N) is 3. The molecule has 3 aromatic heterocycles. The average molecular weight is 363 g/mol. The molecule has 0 unspecified atom stereocenters. The van der Waals surface area contributed by atoms with Crippen LogP contribution in [0, 0.1) is 0 Å². The van der Waals surface area contributed by atoms with Gasteiger partial charge in [0.05, 0.1) is 12.1 Å². The first kappa shape index (κ1) is 16.8. The highest BCUT2D eigenvalue weighted by Crippen LogP contribution is 2.31. The van der Waals surface area contributed by atoms with Gasteiger partial charge in [0.2, 0.25) is 6.41 Å². The van der Waals surface area contributed by atoms with E-state index in [1.807, 2.05) is 30.7 Å². The number of hydroxylamine groups is 1. The van der Waals surface area contributed by atoms with Crippen LogP contribution in [-0.2, 0) is 27.9 Å². The van der Waals surface area contributed by atoms with Crippen LogP contribution in [0.15, 0.2) is 42.9 Å². The Labute approximate surface area is 154 Å². The lowest BCUT2D eigenvalue weighted by atomic mass is 10.0. The third-order valence-electron chi connectivity index (χ3n) is 4.44. The number of fused-ring (bicyclic) bond motifs is 2. The maximum atomic E-state index is 11.6. The summed E-state index contributed by atoms with van der Waals surface area (Å²) in [7, 11) is 1.99. The monoisotopic (exact) mass is 363 g/mol. The number of hydrogen-bond donors (Lipinski definition) is 2. The Morgan fingerprint density at radius 1 is 1.30 bits per heavy atom. The highest BCUT2D eigenvalue weighted by atomic mass is 16.7. The lowest BCUT2D eigenvalue weighted by molar-refractivity contribution is -0.154. The van der Waals surface area contributed by atoms with E-state index in [9.17, 15) is 9.59 Å². The van der Waals surface area contributed by atoms with Crippen molar-refractivity contribution >= 4 is 34.4 Å². The van der Waals surface area contributed by atoms with Gasteiger partial charge in [-0.2, -0.15) is 5.48 Å². The number of nitrogens with one attached hydrogen (secondary N) is 2. The van der Waals surface area contributed by atoms with E-state index < -0.39 is 5.97 Å². The first-order valence-electron chi connectivity index (χ1n) is 8.42. The van der Waals surface area contributed by atoms with E-state index in [1.54, 1.807) is 12.4 Å². The summed E-state index contributed by atoms with van der Waals surface area (Å²) < 4.78 is 2.06. The number of H-pyrrole nitrogens is 1. The minimum Gasteiger partial charge on any atom is -0.350 e. The Bertz CT molecular complexity index is 1110. The normalized spacial score (nSPS) is 11.0. The van der Waals surface area contributed by atoms with Crippen molar-refractivity contribution in [1.82, 2.24) is 25.0 Å². The maximum Gasteiger partial charge on any atom is 0.332 e. The van der Waals surface area contributed by atoms with Gasteiger partial charge < -0.3 is 14.4 Å². The first-order valence-corrected chi connectivity index (χ1v) is 8.42. The van der Waals surface area contributed by atoms with Crippen LogP contribution in [0.2, 0.25) is 0 Å². The van der Waals surface area contributed by atoms with Crippen LogP contribution in [0.3, 0.4) is 0 Å². The molecule has 0 aliphatic heterocycles. The average Bonchev–Trinajstić information content (AvgIpc) is 3.25. The van der Waals surface area contributed by atoms with Crippen molar-refractivity contribution in [2.45, 2.75) is 12.8 Å². The molecular weight excluding hydrogens is 346 g/mol. The SMILES string of the molecule is Cn1cc(-c2cc3nccnc3[nH]2)c2cc(CCC(=O)ONC=O)ccc21. The van der Waals surface area contributed by atoms with Gasteiger partial charge in [-0.3, -0.25) is 9.78 Å². The Hall–Kier alpha value is -3.68. The Morgan fingerprint density at radius 2 is 2.15 bits per heavy atom. The van der Waals surface area contributed by atoms with Crippen molar-refractivity contribution in [3.05, 3.63) is 48.4 Å². The number of hydrogen-bond acceptors (Lipinski definition) is 5. The van der Waals surface area contributed by atoms with Crippen LogP contribution in [0.1, 0.15) is 12.0 Å². The van der Waals surface area contributed by atoms with E-state index in [2.05, 4.69) is 36.6 Å². The van der Waals surface area contributed by atoms with Gasteiger partial charge in [-0.15, -0.1) is 0 Å². The zero-order chi connectivity index (χ0) is 18.8. The quantitative estimate of drug-likeness (QED) is 0.404. The third kappa shape index (κ3) is 3.24. The molecule has 0 atom stereocenters. The Morgan fingerprint density at radius 3 is 2.96 bits per heavy atom. The summed E-state index contributed by atoms with van der Waals surface area (Å²) >= 11 is 0. The molecule has 8 heteroatoms. The molecule has 0 fully saturated rings. The van der Waals surface area contributed by atoms with Gasteiger partial charge in [0, 0.05) is 42.1 Å². The topological polar surface area (TPSA) is 102 Å². The van der Waals surface area contributed by atoms with E-state index in [0.29, 0.717) is 12.8 Å². The summed E-state index contributed by atoms with van der Waals surface area (Å²) in [5.74, 6) is -0.483. The molecule has 136 valence electrons. The fourth-order valence-corrected chi connectivity index (χ4v) is 3.19. The number of aromatic nitrogens is 4. The van der Waals surface area contributed by atoms with Gasteiger partial charge in [-0.05, 0) is 30.2 Å². The summed E-state index contributed by atoms with van der Waals surface area (Å²) in [6.45, 7) is 0. The molecule has 2 N–H and O–H groups in total. The molecule has 1 aromatic carbocycles. The number of aryl methyl sites for hydroxylation is 2. The third-order valence-corrected chi connectivity index (χ3v) is 4.44. The fourth-order valence-electron chi connectivity index (χ4n) is 3.19. The molecule has 8 nitrogen and oxygen atoms in total. The molecule has 1 amide bonds. The lowest BCUT2D eigenvalue weighted by Crippen LogP contribution is -2.18. The van der Waals surface area contributed by atoms with E-state index in [4.69, 9.17) is 0 Å². The molecule has 0 spiro atoms. The molecule has 0 saturated heterocycles. The second kappa shape index (κ2) is 6.91. The second-order valence-electron chi connectivity index (χ2n) is 6.19. The van der Waals surface area contributed by atoms with Gasteiger partial charge in [-0.1, -0.05) is 6.07 Å². The van der Waals surface area contributed by atoms with Gasteiger partial charge >= 0.3 is 5.97 Å². The summed E-state index contributed by atoms with van der Waals surface area (Å²) in [6, 6.07) is 8.06. The molecule has 4 aromatic rings. The van der Waals surface area contributed by atoms with Crippen LogP contribution in [-0.4, -0.2) is 31.9 Å². The smallest absolute Gasteiger partial charge is 0.332 e. The van der Waals surface area contributed by atoms with Crippen LogP contribution in [0.25, 0.3) is 33.3 Å². The van der Waals surface area contributed by atoms with Crippen molar-refractivity contribution in [2.24, 2.45) is 7.05 Å². The van der Waals surface area contributed by atoms with Crippen LogP contribution >= 0.6 is 0 Å². The largest absolute Gasteiger partial charge is 0.350 e. The molecule has 0 aliphatic carbocycles. The number of carbonyl (C=O) groups is 2. The molecule has 0 bridgehead atoms. The van der Waals surface area contributed by atoms with Gasteiger partial charge in [0.15, 0.2) is 5.65 Å². The Kier molecular flexibility index (Phi) is 4.29. The van der Waals surface area contributed by atoms with Crippen molar-refractivity contribution in [3.8, 4) is 11.3 Å². The molecule has 0 aliphatic rings. The van der Waals surface area contributed by atoms with Crippen molar-refractivity contribution in [1.29, 1.82) is 0 Å². The summed E-state index contributed by atoms with van der Waals surface area (Å²) in [6.07, 6.45) is 6.39. The van der Waals surface area contributed by atoms with Gasteiger partial charge in [0.1, 0.15) is 5.52 Å². The van der Waals surface area contributed by atoms with Crippen molar-refractivity contribution in [2.75, 3.05) is 0 Å². The van der Waals surface area contributed by atoms with E-state index in [1.165, 1.54) is 0 Å². The standard InChI is InChI=1S/C19H17N5O3/c1-24-10-14(15-9-16-19(23-15)21-7-6-20-16)13-8-12(2-4-17(13)24)3-5-18(26)27-22-11-25/h2,4,6-11H,3,5H2,1H3,(H,21,23)(H,22,25). The summed E-state index contributed by atoms with van der Waals surface area (Å²) in [5.41, 5.74) is 7.53. The second-order valence-corrected chi connectivity index (χ2v) is 6.19. The van der Waals surface area contributed by atoms with Gasteiger partial charge in [0.25, 0.3) is 0 Å². The van der Waals surface area contributed by atoms with E-state index in [0.717, 1.165) is 38.9 Å². The van der Waals surface area contributed by atoms with Crippen molar-refractivity contribution in [3.63, 3.8) is 0 Å². The number of amides is 1. The predicted octanol–water partition coefficient (Wildman–Crippen LogP) is 2.25. The molecule has 4 rings (SSSR count). The van der Waals surface area contributed by atoms with Crippen LogP contribution < -0.4 is 5.48 Å². The maximum absolute atomic E-state index is 11.6. The molecule has 3 heterocycles. The molecule has 27 heavy (non-hydrogen) atoms. The molecule has 0 radical (unpaired) electrons. The zero-order valence-corrected chi connectivity index (χ0v) is 14.6. The first-order chi connectivity index (χ1) is 13.2. The van der Waals surface area contributed by atoms with E-state index >= 15 is 0 Å². The number of rotatable bonds is 6. The molecule has 0 saturated carbocycles. The summed E-state index contributed by atoms with van der Waals surface area (Å²) in [4.78, 5) is 38.2. The van der Waals surface area contributed by atoms with Crippen LogP contribution in [0.5, 0.6) is 0 Å². The Balaban J connectivity index is 1.67. The molecular formula is C19H17N5O3. The highest BCUT2D eigenvalue weighted by Gasteiger charge is 2.13.